The standard InChI is InChI=1S/C19H24ClN3O2S/c20-15-9-13(21-12-3-1-2-4-12)10-16-18(15)19(24)23-17(22-16)11-26-14-5-7-25-8-6-14/h9-10,12,14,18H,1-8,11H2,(H,22,23,24). The molecule has 0 spiro atoms. The smallest absolute Gasteiger partial charge is 0.239 e. The minimum atomic E-state index is -0.490. The summed E-state index contributed by atoms with van der Waals surface area (Å²) in [7, 11) is 0. The summed E-state index contributed by atoms with van der Waals surface area (Å²) in [4.78, 5) is 22.0. The third-order valence-electron chi connectivity index (χ3n) is 5.23. The highest BCUT2D eigenvalue weighted by atomic mass is 35.5. The van der Waals surface area contributed by atoms with Crippen LogP contribution in [0.15, 0.2) is 32.9 Å². The minimum absolute atomic E-state index is 0.0880. The number of allylic oxidation sites excluding steroid dienone is 2. The van der Waals surface area contributed by atoms with Crippen LogP contribution in [0.1, 0.15) is 38.5 Å². The lowest BCUT2D eigenvalue weighted by atomic mass is 9.95. The van der Waals surface area contributed by atoms with Gasteiger partial charge in [-0.05, 0) is 37.8 Å². The second-order valence-electron chi connectivity index (χ2n) is 7.19. The summed E-state index contributed by atoms with van der Waals surface area (Å²) >= 11 is 8.24. The van der Waals surface area contributed by atoms with Gasteiger partial charge in [-0.25, -0.2) is 4.99 Å². The van der Waals surface area contributed by atoms with Gasteiger partial charge in [0.25, 0.3) is 0 Å². The lowest BCUT2D eigenvalue weighted by molar-refractivity contribution is -0.121. The second kappa shape index (κ2) is 8.28. The van der Waals surface area contributed by atoms with E-state index in [1.54, 1.807) is 0 Å². The van der Waals surface area contributed by atoms with E-state index in [0.717, 1.165) is 56.1 Å². The topological polar surface area (TPSA) is 63.0 Å². The van der Waals surface area contributed by atoms with Crippen LogP contribution >= 0.6 is 23.4 Å². The van der Waals surface area contributed by atoms with Crippen LogP contribution in [0, 0.1) is 5.92 Å². The number of carbonyl (C=O) groups is 1. The van der Waals surface area contributed by atoms with Crippen LogP contribution in [0.2, 0.25) is 0 Å². The average molecular weight is 394 g/mol. The maximum atomic E-state index is 12.5. The highest BCUT2D eigenvalue weighted by Gasteiger charge is 2.34. The molecular weight excluding hydrogens is 370 g/mol. The van der Waals surface area contributed by atoms with Gasteiger partial charge in [-0.3, -0.25) is 9.79 Å². The number of halogens is 1. The maximum Gasteiger partial charge on any atom is 0.239 e. The number of aliphatic imine (C=N–C) groups is 2. The first kappa shape index (κ1) is 18.3. The molecule has 0 aromatic rings. The average Bonchev–Trinajstić information content (AvgIpc) is 3.13. The molecule has 0 aromatic heterocycles. The summed E-state index contributed by atoms with van der Waals surface area (Å²) < 4.78 is 5.40. The molecule has 2 heterocycles. The van der Waals surface area contributed by atoms with Crippen molar-refractivity contribution in [3.05, 3.63) is 22.9 Å². The molecule has 0 radical (unpaired) electrons. The fraction of sp³-hybridized carbons (Fsp3) is 0.632. The molecule has 2 aliphatic carbocycles. The normalized spacial score (nSPS) is 29.1. The Balaban J connectivity index is 1.48. The predicted octanol–water partition coefficient (Wildman–Crippen LogP) is 3.45. The maximum absolute atomic E-state index is 12.5. The van der Waals surface area contributed by atoms with Gasteiger partial charge in [0.2, 0.25) is 5.91 Å². The van der Waals surface area contributed by atoms with Gasteiger partial charge in [0.05, 0.1) is 23.2 Å². The van der Waals surface area contributed by atoms with Gasteiger partial charge in [0, 0.05) is 23.5 Å². The van der Waals surface area contributed by atoms with Gasteiger partial charge in [-0.2, -0.15) is 11.8 Å². The monoisotopic (exact) mass is 393 g/mol. The summed E-state index contributed by atoms with van der Waals surface area (Å²) in [6.45, 7) is 1.65. The van der Waals surface area contributed by atoms with Crippen LogP contribution in [0.25, 0.3) is 0 Å². The van der Waals surface area contributed by atoms with E-state index >= 15 is 0 Å². The molecule has 1 unspecified atom stereocenters. The quantitative estimate of drug-likeness (QED) is 0.795. The molecule has 2 aliphatic heterocycles. The Hall–Kier alpha value is -1.11. The number of fused-ring (bicyclic) bond motifs is 1. The van der Waals surface area contributed by atoms with Crippen molar-refractivity contribution in [1.82, 2.24) is 5.32 Å². The van der Waals surface area contributed by atoms with Crippen molar-refractivity contribution in [2.24, 2.45) is 15.9 Å². The SMILES string of the molecule is O=C1NC(CSC2CCOCC2)=NC2=CC(=NC3CCCC3)C=C(Cl)C12. The summed E-state index contributed by atoms with van der Waals surface area (Å²) in [5.74, 6) is 0.850. The predicted molar refractivity (Wildman–Crippen MR) is 107 cm³/mol. The van der Waals surface area contributed by atoms with Crippen molar-refractivity contribution in [1.29, 1.82) is 0 Å². The van der Waals surface area contributed by atoms with Crippen molar-refractivity contribution < 1.29 is 9.53 Å². The summed E-state index contributed by atoms with van der Waals surface area (Å²) in [5, 5.41) is 4.01. The molecule has 4 aliphatic rings. The second-order valence-corrected chi connectivity index (χ2v) is 8.92. The molecule has 2 fully saturated rings. The van der Waals surface area contributed by atoms with Crippen LogP contribution in [0.5, 0.6) is 0 Å². The number of hydrogen-bond acceptors (Lipinski definition) is 5. The van der Waals surface area contributed by atoms with E-state index in [9.17, 15) is 4.79 Å². The third kappa shape index (κ3) is 4.24. The fourth-order valence-corrected chi connectivity index (χ4v) is 5.20. The van der Waals surface area contributed by atoms with E-state index in [2.05, 4.69) is 5.32 Å². The lowest BCUT2D eigenvalue weighted by Crippen LogP contribution is -2.43. The largest absolute Gasteiger partial charge is 0.381 e. The molecule has 0 bridgehead atoms. The van der Waals surface area contributed by atoms with Gasteiger partial charge in [0.1, 0.15) is 11.8 Å². The molecule has 5 nitrogen and oxygen atoms in total. The zero-order valence-electron chi connectivity index (χ0n) is 14.7. The molecular formula is C19H24ClN3O2S. The molecule has 1 N–H and O–H groups in total. The fourth-order valence-electron chi connectivity index (χ4n) is 3.82. The number of amides is 1. The Labute approximate surface area is 163 Å². The first-order valence-electron chi connectivity index (χ1n) is 9.43. The highest BCUT2D eigenvalue weighted by Crippen LogP contribution is 2.33. The molecule has 4 rings (SSSR count). The van der Waals surface area contributed by atoms with Crippen molar-refractivity contribution in [2.45, 2.75) is 49.8 Å². The molecule has 1 saturated carbocycles. The Bertz CT molecular complexity index is 689. The molecule has 26 heavy (non-hydrogen) atoms. The number of hydrogen-bond donors (Lipinski definition) is 1. The van der Waals surface area contributed by atoms with Crippen molar-refractivity contribution in [3.63, 3.8) is 0 Å². The minimum Gasteiger partial charge on any atom is -0.381 e. The zero-order valence-corrected chi connectivity index (χ0v) is 16.3. The Kier molecular flexibility index (Phi) is 5.81. The van der Waals surface area contributed by atoms with Gasteiger partial charge in [-0.1, -0.05) is 24.4 Å². The Morgan fingerprint density at radius 2 is 2.00 bits per heavy atom. The highest BCUT2D eigenvalue weighted by molar-refractivity contribution is 8.00. The number of thioether (sulfide) groups is 1. The van der Waals surface area contributed by atoms with Crippen LogP contribution in [0.3, 0.4) is 0 Å². The van der Waals surface area contributed by atoms with E-state index < -0.39 is 5.92 Å². The molecule has 1 amide bonds. The number of nitrogens with one attached hydrogen (secondary N) is 1. The van der Waals surface area contributed by atoms with E-state index in [1.807, 2.05) is 23.9 Å². The Morgan fingerprint density at radius 1 is 1.23 bits per heavy atom. The van der Waals surface area contributed by atoms with E-state index in [4.69, 9.17) is 26.3 Å². The lowest BCUT2D eigenvalue weighted by Gasteiger charge is -2.27. The van der Waals surface area contributed by atoms with Gasteiger partial charge in [-0.15, -0.1) is 0 Å². The van der Waals surface area contributed by atoms with Crippen LogP contribution in [-0.2, 0) is 9.53 Å². The van der Waals surface area contributed by atoms with Gasteiger partial charge < -0.3 is 10.1 Å². The van der Waals surface area contributed by atoms with Gasteiger partial charge >= 0.3 is 0 Å². The van der Waals surface area contributed by atoms with Crippen LogP contribution in [0.4, 0.5) is 0 Å². The molecule has 140 valence electrons. The summed E-state index contributed by atoms with van der Waals surface area (Å²) in [6, 6.07) is 0.379. The molecule has 1 atom stereocenters. The first-order valence-corrected chi connectivity index (χ1v) is 10.9. The molecule has 7 heteroatoms. The molecule has 0 aromatic carbocycles. The summed E-state index contributed by atoms with van der Waals surface area (Å²) in [5.41, 5.74) is 1.57. The van der Waals surface area contributed by atoms with E-state index in [1.165, 1.54) is 12.8 Å². The van der Waals surface area contributed by atoms with Crippen LogP contribution in [-0.4, -0.2) is 47.7 Å². The zero-order chi connectivity index (χ0) is 17.9. The third-order valence-corrected chi connectivity index (χ3v) is 6.94. The van der Waals surface area contributed by atoms with Gasteiger partial charge in [0.15, 0.2) is 0 Å². The number of ether oxygens (including phenoxy) is 1. The van der Waals surface area contributed by atoms with Crippen molar-refractivity contribution in [2.75, 3.05) is 19.0 Å². The number of rotatable bonds is 4. The van der Waals surface area contributed by atoms with Crippen molar-refractivity contribution >= 4 is 40.8 Å². The van der Waals surface area contributed by atoms with Crippen LogP contribution < -0.4 is 5.32 Å². The van der Waals surface area contributed by atoms with E-state index in [0.29, 0.717) is 22.1 Å². The summed E-state index contributed by atoms with van der Waals surface area (Å²) in [6.07, 6.45) is 10.6. The number of amidine groups is 1. The first-order chi connectivity index (χ1) is 12.7. The van der Waals surface area contributed by atoms with E-state index in [-0.39, 0.29) is 5.91 Å². The molecule has 1 saturated heterocycles. The number of nitrogens with zero attached hydrogens (tertiary/aromatic N) is 2. The Morgan fingerprint density at radius 3 is 2.77 bits per heavy atom. The number of carbonyl (C=O) groups excluding carboxylic acids is 1. The van der Waals surface area contributed by atoms with Crippen molar-refractivity contribution in [3.8, 4) is 0 Å².